The van der Waals surface area contributed by atoms with Gasteiger partial charge in [-0.05, 0) is 32.7 Å². The second-order valence-corrected chi connectivity index (χ2v) is 16.8. The number of carbonyl (C=O) groups is 15. The first kappa shape index (κ1) is 70.7. The molecular weight excluding hydrogens is 1080 g/mol. The monoisotopic (exact) mass is 1140 g/mol. The van der Waals surface area contributed by atoms with Crippen LogP contribution in [0.5, 0.6) is 0 Å². The molecule has 0 aromatic rings. The minimum absolute atomic E-state index is 0.145. The standard InChI is InChI=1S/C41H66N12O26/c1-15(59)30(40(77)51-23(12-56)38(75)49-21(10-54)36(73)44-17(4-2-3-5-42)32(69)52-25(14-58)41(78)79)53-39(76)24(13-57)50-37(74)22(11-55)48-35(72)20(9-29(66)67)47-34(71)19(8-28(64)65)46-33(70)18(7-27(62)63)45-31(68)16(43)6-26(60)61/h15-25,30,54-59H,2-14,42-43H2,1H3,(H,44,73)(H,45,68)(H,46,70)(H,47,71)(H,48,72)(H,49,75)(H,50,74)(H,51,77)(H,52,69)(H,53,76)(H,60,61)(H,62,63)(H,64,65)(H,66,67)(H,78,79)/t15-,16-,17+,18+,19-,20+,21-,22-,23+,24+,25-,30+/m1/s1. The normalized spacial score (nSPS) is 15.5. The van der Waals surface area contributed by atoms with E-state index in [1.54, 1.807) is 10.6 Å². The largest absolute Gasteiger partial charge is 0.481 e. The lowest BCUT2D eigenvalue weighted by Gasteiger charge is -2.27. The zero-order chi connectivity index (χ0) is 60.9. The number of aliphatic hydroxyl groups excluding tert-OH is 6. The van der Waals surface area contributed by atoms with Crippen LogP contribution in [0.3, 0.4) is 0 Å². The van der Waals surface area contributed by atoms with E-state index in [2.05, 4.69) is 5.32 Å². The van der Waals surface area contributed by atoms with Gasteiger partial charge in [0.2, 0.25) is 59.1 Å². The molecule has 0 heterocycles. The molecule has 12 atom stereocenters. The van der Waals surface area contributed by atoms with Crippen LogP contribution in [0, 0.1) is 0 Å². The van der Waals surface area contributed by atoms with Gasteiger partial charge in [-0.15, -0.1) is 0 Å². The summed E-state index contributed by atoms with van der Waals surface area (Å²) < 4.78 is 0. The predicted octanol–water partition coefficient (Wildman–Crippen LogP) is -13.4. The lowest BCUT2D eigenvalue weighted by atomic mass is 10.1. The summed E-state index contributed by atoms with van der Waals surface area (Å²) in [4.78, 5) is 188. The minimum Gasteiger partial charge on any atom is -0.481 e. The van der Waals surface area contributed by atoms with E-state index in [9.17, 15) is 123 Å². The number of nitrogens with one attached hydrogen (secondary N) is 10. The molecule has 0 saturated heterocycles. The first-order valence-electron chi connectivity index (χ1n) is 23.2. The number of rotatable bonds is 39. The van der Waals surface area contributed by atoms with Crippen molar-refractivity contribution in [3.05, 3.63) is 0 Å². The first-order chi connectivity index (χ1) is 36.9. The summed E-state index contributed by atoms with van der Waals surface area (Å²) in [7, 11) is 0. The molecule has 0 radical (unpaired) electrons. The van der Waals surface area contributed by atoms with Crippen molar-refractivity contribution < 1.29 is 128 Å². The van der Waals surface area contributed by atoms with E-state index in [-0.39, 0.29) is 19.4 Å². The van der Waals surface area contributed by atoms with Crippen molar-refractivity contribution >= 4 is 88.9 Å². The Morgan fingerprint density at radius 3 is 0.924 bits per heavy atom. The maximum absolute atomic E-state index is 13.3. The number of amides is 10. The van der Waals surface area contributed by atoms with Gasteiger partial charge in [0.1, 0.15) is 60.4 Å². The molecule has 0 aliphatic heterocycles. The van der Waals surface area contributed by atoms with E-state index in [1.165, 1.54) is 0 Å². The number of carbonyl (C=O) groups excluding carboxylic acids is 10. The Hall–Kier alpha value is -8.27. The highest BCUT2D eigenvalue weighted by Gasteiger charge is 2.38. The van der Waals surface area contributed by atoms with E-state index < -0.39 is 220 Å². The van der Waals surface area contributed by atoms with Crippen LogP contribution in [0.25, 0.3) is 0 Å². The molecule has 446 valence electrons. The molecule has 0 spiro atoms. The fourth-order valence-corrected chi connectivity index (χ4v) is 6.26. The van der Waals surface area contributed by atoms with Crippen LogP contribution >= 0.6 is 0 Å². The topological polar surface area (TPSA) is 651 Å². The molecule has 38 nitrogen and oxygen atoms in total. The Balaban J connectivity index is 6.20. The quantitative estimate of drug-likeness (QED) is 0.0254. The van der Waals surface area contributed by atoms with Crippen LogP contribution in [0.2, 0.25) is 0 Å². The van der Waals surface area contributed by atoms with Crippen LogP contribution < -0.4 is 64.6 Å². The molecular formula is C41H66N12O26. The molecule has 25 N–H and O–H groups in total. The predicted molar refractivity (Wildman–Crippen MR) is 254 cm³/mol. The second kappa shape index (κ2) is 35.9. The Kier molecular flexibility index (Phi) is 32.2. The third-order valence-electron chi connectivity index (χ3n) is 10.5. The van der Waals surface area contributed by atoms with E-state index >= 15 is 0 Å². The summed E-state index contributed by atoms with van der Waals surface area (Å²) >= 11 is 0. The highest BCUT2D eigenvalue weighted by atomic mass is 16.4. The smallest absolute Gasteiger partial charge is 0.328 e. The van der Waals surface area contributed by atoms with Gasteiger partial charge in [0.05, 0.1) is 70.9 Å². The lowest BCUT2D eigenvalue weighted by molar-refractivity contribution is -0.144. The number of aliphatic carboxylic acids is 5. The van der Waals surface area contributed by atoms with E-state index in [0.717, 1.165) is 6.92 Å². The van der Waals surface area contributed by atoms with Crippen molar-refractivity contribution in [1.82, 2.24) is 53.2 Å². The molecule has 0 aromatic carbocycles. The highest BCUT2D eigenvalue weighted by Crippen LogP contribution is 2.06. The Labute approximate surface area is 445 Å². The van der Waals surface area contributed by atoms with Crippen molar-refractivity contribution in [3.63, 3.8) is 0 Å². The van der Waals surface area contributed by atoms with Gasteiger partial charge < -0.3 is 121 Å². The van der Waals surface area contributed by atoms with E-state index in [0.29, 0.717) is 6.42 Å². The van der Waals surface area contributed by atoms with Gasteiger partial charge in [-0.25, -0.2) is 4.79 Å². The maximum Gasteiger partial charge on any atom is 0.328 e. The zero-order valence-corrected chi connectivity index (χ0v) is 41.8. The summed E-state index contributed by atoms with van der Waals surface area (Å²) in [6, 6.07) is -22.3. The summed E-state index contributed by atoms with van der Waals surface area (Å²) in [6.07, 6.45) is -6.47. The molecule has 10 amide bonds. The van der Waals surface area contributed by atoms with Gasteiger partial charge >= 0.3 is 29.8 Å². The fraction of sp³-hybridized carbons (Fsp3) is 0.634. The molecule has 0 saturated carbocycles. The average Bonchev–Trinajstić information content (AvgIpc) is 3.36. The van der Waals surface area contributed by atoms with Gasteiger partial charge in [-0.2, -0.15) is 0 Å². The molecule has 0 fully saturated rings. The van der Waals surface area contributed by atoms with Crippen LogP contribution in [0.15, 0.2) is 0 Å². The summed E-state index contributed by atoms with van der Waals surface area (Å²) in [5.41, 5.74) is 10.9. The average molecular weight is 1140 g/mol. The Morgan fingerprint density at radius 1 is 0.354 bits per heavy atom. The SMILES string of the molecule is C[C@@H](O)[C@H](NC(=O)[C@H](CO)NC(=O)[C@@H](CO)NC(=O)[C@H](CC(=O)O)NC(=O)[C@@H](CC(=O)O)NC(=O)[C@H](CC(=O)O)NC(=O)[C@H](N)CC(=O)O)C(=O)N[C@@H](CO)C(=O)N[C@H](CO)C(=O)N[C@@H](CCCCN)C(=O)N[C@H](CO)C(=O)O. The van der Waals surface area contributed by atoms with Crippen molar-refractivity contribution in [3.8, 4) is 0 Å². The van der Waals surface area contributed by atoms with Crippen LogP contribution in [0.1, 0.15) is 51.9 Å². The summed E-state index contributed by atoms with van der Waals surface area (Å²) in [6.45, 7) is -5.13. The number of hydrogen-bond acceptors (Lipinski definition) is 23. The third-order valence-corrected chi connectivity index (χ3v) is 10.5. The Morgan fingerprint density at radius 2 is 0.620 bits per heavy atom. The number of unbranched alkanes of at least 4 members (excludes halogenated alkanes) is 1. The molecule has 0 unspecified atom stereocenters. The summed E-state index contributed by atoms with van der Waals surface area (Å²) in [5, 5.41) is 125. The summed E-state index contributed by atoms with van der Waals surface area (Å²) in [5.74, 6) is -23.1. The molecule has 0 aromatic heterocycles. The van der Waals surface area contributed by atoms with Crippen LogP contribution in [-0.2, 0) is 71.9 Å². The lowest BCUT2D eigenvalue weighted by Crippen LogP contribution is -2.63. The molecule has 38 heteroatoms. The molecule has 0 aliphatic carbocycles. The third kappa shape index (κ3) is 26.1. The van der Waals surface area contributed by atoms with Crippen molar-refractivity contribution in [2.45, 2.75) is 124 Å². The Bertz CT molecular complexity index is 2200. The van der Waals surface area contributed by atoms with Gasteiger partial charge in [0.25, 0.3) is 0 Å². The van der Waals surface area contributed by atoms with Gasteiger partial charge in [-0.1, -0.05) is 0 Å². The van der Waals surface area contributed by atoms with Crippen LogP contribution in [-0.4, -0.2) is 257 Å². The highest BCUT2D eigenvalue weighted by molar-refractivity contribution is 6.00. The number of hydrogen-bond donors (Lipinski definition) is 23. The number of carboxylic acids is 5. The zero-order valence-electron chi connectivity index (χ0n) is 41.8. The van der Waals surface area contributed by atoms with E-state index in [4.69, 9.17) is 16.6 Å². The first-order valence-corrected chi connectivity index (χ1v) is 23.2. The molecule has 0 rings (SSSR count). The van der Waals surface area contributed by atoms with Crippen molar-refractivity contribution in [1.29, 1.82) is 0 Å². The molecule has 0 aliphatic rings. The van der Waals surface area contributed by atoms with Crippen LogP contribution in [0.4, 0.5) is 0 Å². The van der Waals surface area contributed by atoms with Gasteiger partial charge in [-0.3, -0.25) is 67.1 Å². The van der Waals surface area contributed by atoms with Crippen molar-refractivity contribution in [2.75, 3.05) is 39.6 Å². The molecule has 0 bridgehead atoms. The van der Waals surface area contributed by atoms with Gasteiger partial charge in [0.15, 0.2) is 0 Å². The number of aliphatic hydroxyl groups is 6. The molecule has 79 heavy (non-hydrogen) atoms. The van der Waals surface area contributed by atoms with E-state index in [1.807, 2.05) is 37.2 Å². The van der Waals surface area contributed by atoms with Gasteiger partial charge in [0, 0.05) is 0 Å². The number of nitrogens with two attached hydrogens (primary N) is 2. The second-order valence-electron chi connectivity index (χ2n) is 16.8. The minimum atomic E-state index is -2.31. The fourth-order valence-electron chi connectivity index (χ4n) is 6.26. The number of carboxylic acid groups (broad SMARTS) is 5. The maximum atomic E-state index is 13.3. The van der Waals surface area contributed by atoms with Crippen molar-refractivity contribution in [2.24, 2.45) is 11.5 Å².